The number of nitrogens with zero attached hydrogens (tertiary/aromatic N) is 3. The van der Waals surface area contributed by atoms with Crippen LogP contribution >= 0.6 is 0 Å². The van der Waals surface area contributed by atoms with Crippen molar-refractivity contribution in [2.75, 3.05) is 4.90 Å². The molecular weight excluding hydrogens is 283 g/mol. The number of hydrogen-bond donors (Lipinski definition) is 1. The van der Waals surface area contributed by atoms with Crippen LogP contribution in [0.2, 0.25) is 0 Å². The van der Waals surface area contributed by atoms with Crippen LogP contribution in [-0.2, 0) is 6.42 Å². The highest BCUT2D eigenvalue weighted by atomic mass is 19.4. The summed E-state index contributed by atoms with van der Waals surface area (Å²) in [6, 6.07) is 1.95. The Morgan fingerprint density at radius 1 is 1.24 bits per heavy atom. The zero-order chi connectivity index (χ0) is 15.0. The van der Waals surface area contributed by atoms with Gasteiger partial charge in [-0.3, -0.25) is 0 Å². The molecule has 1 aromatic heterocycles. The Morgan fingerprint density at radius 2 is 1.90 bits per heavy atom. The molecule has 7 heteroatoms. The van der Waals surface area contributed by atoms with Crippen molar-refractivity contribution < 1.29 is 18.3 Å². The summed E-state index contributed by atoms with van der Waals surface area (Å²) < 4.78 is 36.9. The number of aliphatic hydroxyl groups is 1. The van der Waals surface area contributed by atoms with E-state index in [0.717, 1.165) is 12.8 Å². The molecule has 0 spiro atoms. The molecule has 2 aliphatic heterocycles. The molecule has 3 atom stereocenters. The van der Waals surface area contributed by atoms with Crippen molar-refractivity contribution in [1.29, 1.82) is 0 Å². The minimum absolute atomic E-state index is 0.120. The van der Waals surface area contributed by atoms with E-state index in [1.807, 2.05) is 0 Å². The van der Waals surface area contributed by atoms with Gasteiger partial charge in [0.05, 0.1) is 6.10 Å². The quantitative estimate of drug-likeness (QED) is 0.932. The molecule has 2 aliphatic rings. The number of hydrogen-bond acceptors (Lipinski definition) is 4. The normalized spacial score (nSPS) is 29.0. The van der Waals surface area contributed by atoms with E-state index in [1.54, 1.807) is 0 Å². The fourth-order valence-electron chi connectivity index (χ4n) is 3.39. The molecule has 2 fully saturated rings. The monoisotopic (exact) mass is 301 g/mol. The van der Waals surface area contributed by atoms with Crippen LogP contribution in [0.4, 0.5) is 19.1 Å². The summed E-state index contributed by atoms with van der Waals surface area (Å²) in [6.45, 7) is 0. The predicted octanol–water partition coefficient (Wildman–Crippen LogP) is 2.46. The van der Waals surface area contributed by atoms with E-state index in [2.05, 4.69) is 14.9 Å². The number of aryl methyl sites for hydroxylation is 1. The molecule has 2 bridgehead atoms. The Kier molecular flexibility index (Phi) is 3.77. The highest BCUT2D eigenvalue weighted by Gasteiger charge is 2.41. The lowest BCUT2D eigenvalue weighted by Crippen LogP contribution is -2.45. The zero-order valence-corrected chi connectivity index (χ0v) is 11.6. The van der Waals surface area contributed by atoms with Gasteiger partial charge in [-0.15, -0.1) is 0 Å². The van der Waals surface area contributed by atoms with Gasteiger partial charge in [0.25, 0.3) is 0 Å². The Labute approximate surface area is 121 Å². The third-order valence-electron chi connectivity index (χ3n) is 4.30. The second-order valence-electron chi connectivity index (χ2n) is 5.88. The van der Waals surface area contributed by atoms with E-state index in [-0.39, 0.29) is 24.6 Å². The maximum Gasteiger partial charge on any atom is 0.389 e. The molecule has 0 saturated carbocycles. The van der Waals surface area contributed by atoms with E-state index in [4.69, 9.17) is 0 Å². The lowest BCUT2D eigenvalue weighted by molar-refractivity contribution is -0.134. The highest BCUT2D eigenvalue weighted by Crippen LogP contribution is 2.37. The number of aromatic nitrogens is 2. The maximum absolute atomic E-state index is 12.3. The summed E-state index contributed by atoms with van der Waals surface area (Å²) in [7, 11) is 0. The van der Waals surface area contributed by atoms with E-state index in [0.29, 0.717) is 24.5 Å². The van der Waals surface area contributed by atoms with Crippen molar-refractivity contribution in [1.82, 2.24) is 9.97 Å². The highest BCUT2D eigenvalue weighted by molar-refractivity contribution is 5.37. The standard InChI is InChI=1S/C14H18F3N3O/c15-14(16,17)5-3-9-4-6-18-13(19-9)20-10-1-2-11(20)8-12(21)7-10/h4,6,10-12,21H,1-3,5,7-8H2/t10-,11+,12?. The van der Waals surface area contributed by atoms with Crippen LogP contribution in [0.3, 0.4) is 0 Å². The topological polar surface area (TPSA) is 49.2 Å². The molecule has 3 rings (SSSR count). The van der Waals surface area contributed by atoms with Gasteiger partial charge in [0.1, 0.15) is 0 Å². The van der Waals surface area contributed by atoms with Gasteiger partial charge in [-0.25, -0.2) is 9.97 Å². The predicted molar refractivity (Wildman–Crippen MR) is 70.9 cm³/mol. The molecule has 21 heavy (non-hydrogen) atoms. The number of rotatable bonds is 3. The summed E-state index contributed by atoms with van der Waals surface area (Å²) in [5.41, 5.74) is 0.419. The lowest BCUT2D eigenvalue weighted by atomic mass is 10.0. The fraction of sp³-hybridized carbons (Fsp3) is 0.714. The van der Waals surface area contributed by atoms with Gasteiger partial charge in [0.2, 0.25) is 5.95 Å². The van der Waals surface area contributed by atoms with E-state index in [1.165, 1.54) is 12.3 Å². The van der Waals surface area contributed by atoms with Crippen molar-refractivity contribution >= 4 is 5.95 Å². The summed E-state index contributed by atoms with van der Waals surface area (Å²) in [5.74, 6) is 0.508. The summed E-state index contributed by atoms with van der Waals surface area (Å²) >= 11 is 0. The summed E-state index contributed by atoms with van der Waals surface area (Å²) in [6.07, 6.45) is -0.570. The Morgan fingerprint density at radius 3 is 2.52 bits per heavy atom. The molecule has 0 aliphatic carbocycles. The Hall–Kier alpha value is -1.37. The molecule has 3 heterocycles. The van der Waals surface area contributed by atoms with Crippen LogP contribution in [0.5, 0.6) is 0 Å². The number of halogens is 3. The fourth-order valence-corrected chi connectivity index (χ4v) is 3.39. The minimum atomic E-state index is -4.17. The van der Waals surface area contributed by atoms with Crippen molar-refractivity contribution in [2.45, 2.75) is 62.9 Å². The summed E-state index contributed by atoms with van der Waals surface area (Å²) in [4.78, 5) is 10.6. The van der Waals surface area contributed by atoms with Crippen LogP contribution in [0.1, 0.15) is 37.8 Å². The van der Waals surface area contributed by atoms with Crippen LogP contribution in [0.15, 0.2) is 12.3 Å². The molecule has 1 unspecified atom stereocenters. The molecule has 1 aromatic rings. The number of aliphatic hydroxyl groups excluding tert-OH is 1. The van der Waals surface area contributed by atoms with Gasteiger partial charge in [-0.05, 0) is 38.2 Å². The third kappa shape index (κ3) is 3.28. The Bertz CT molecular complexity index is 494. The average Bonchev–Trinajstić information content (AvgIpc) is 2.68. The largest absolute Gasteiger partial charge is 0.393 e. The molecule has 2 saturated heterocycles. The second kappa shape index (κ2) is 5.44. The maximum atomic E-state index is 12.3. The van der Waals surface area contributed by atoms with E-state index in [9.17, 15) is 18.3 Å². The minimum Gasteiger partial charge on any atom is -0.393 e. The van der Waals surface area contributed by atoms with E-state index < -0.39 is 12.6 Å². The molecule has 4 nitrogen and oxygen atoms in total. The first kappa shape index (κ1) is 14.6. The van der Waals surface area contributed by atoms with Gasteiger partial charge in [-0.2, -0.15) is 13.2 Å². The molecule has 0 amide bonds. The van der Waals surface area contributed by atoms with Crippen LogP contribution < -0.4 is 4.90 Å². The zero-order valence-electron chi connectivity index (χ0n) is 11.6. The smallest absolute Gasteiger partial charge is 0.389 e. The SMILES string of the molecule is OC1C[C@H]2CC[C@@H](C1)N2c1nccc(CCC(F)(F)F)n1. The average molecular weight is 301 g/mol. The van der Waals surface area contributed by atoms with Gasteiger partial charge >= 0.3 is 6.18 Å². The van der Waals surface area contributed by atoms with Gasteiger partial charge in [0, 0.05) is 30.4 Å². The molecule has 0 radical (unpaired) electrons. The molecule has 116 valence electrons. The third-order valence-corrected chi connectivity index (χ3v) is 4.30. The van der Waals surface area contributed by atoms with Gasteiger partial charge in [0.15, 0.2) is 0 Å². The van der Waals surface area contributed by atoms with Gasteiger partial charge < -0.3 is 10.0 Å². The first-order valence-corrected chi connectivity index (χ1v) is 7.27. The first-order valence-electron chi connectivity index (χ1n) is 7.27. The van der Waals surface area contributed by atoms with Crippen molar-refractivity contribution in [3.63, 3.8) is 0 Å². The molecule has 1 N–H and O–H groups in total. The van der Waals surface area contributed by atoms with Crippen LogP contribution in [-0.4, -0.2) is 39.4 Å². The second-order valence-corrected chi connectivity index (χ2v) is 5.88. The van der Waals surface area contributed by atoms with Crippen molar-refractivity contribution in [3.8, 4) is 0 Å². The summed E-state index contributed by atoms with van der Waals surface area (Å²) in [5, 5.41) is 9.79. The number of piperidine rings is 1. The number of anilines is 1. The molecular formula is C14H18F3N3O. The first-order chi connectivity index (χ1) is 9.92. The van der Waals surface area contributed by atoms with Crippen molar-refractivity contribution in [2.24, 2.45) is 0 Å². The van der Waals surface area contributed by atoms with Crippen LogP contribution in [0, 0.1) is 0 Å². The number of fused-ring (bicyclic) bond motifs is 2. The molecule has 0 aromatic carbocycles. The van der Waals surface area contributed by atoms with E-state index >= 15 is 0 Å². The van der Waals surface area contributed by atoms with Crippen LogP contribution in [0.25, 0.3) is 0 Å². The van der Waals surface area contributed by atoms with Crippen molar-refractivity contribution in [3.05, 3.63) is 18.0 Å². The van der Waals surface area contributed by atoms with Gasteiger partial charge in [-0.1, -0.05) is 0 Å². The Balaban J connectivity index is 1.74. The lowest BCUT2D eigenvalue weighted by Gasteiger charge is -2.37. The number of alkyl halides is 3.